The van der Waals surface area contributed by atoms with Gasteiger partial charge in [0.2, 0.25) is 0 Å². The number of hydrogen-bond acceptors (Lipinski definition) is 5. The minimum atomic E-state index is 0.00868. The Hall–Kier alpha value is -1.79. The second-order valence-corrected chi connectivity index (χ2v) is 9.52. The number of likely N-dealkylation sites (tertiary alicyclic amines) is 1. The first-order valence-electron chi connectivity index (χ1n) is 9.79. The predicted molar refractivity (Wildman–Crippen MR) is 110 cm³/mol. The SMILES string of the molecule is CC(C)(C)CCN1CCCC1c1ccc(C(=O)NCCc2cnccn2)s1. The van der Waals surface area contributed by atoms with Crippen LogP contribution in [0.25, 0.3) is 0 Å². The lowest BCUT2D eigenvalue weighted by molar-refractivity contribution is 0.0958. The summed E-state index contributed by atoms with van der Waals surface area (Å²) in [5, 5.41) is 3.00. The highest BCUT2D eigenvalue weighted by molar-refractivity contribution is 7.14. The van der Waals surface area contributed by atoms with E-state index in [4.69, 9.17) is 0 Å². The van der Waals surface area contributed by atoms with Crippen molar-refractivity contribution in [3.8, 4) is 0 Å². The molecule has 1 aliphatic rings. The molecule has 5 nitrogen and oxygen atoms in total. The van der Waals surface area contributed by atoms with Crippen molar-refractivity contribution in [1.82, 2.24) is 20.2 Å². The molecule has 1 atom stereocenters. The van der Waals surface area contributed by atoms with E-state index in [1.54, 1.807) is 29.9 Å². The van der Waals surface area contributed by atoms with Gasteiger partial charge in [0.05, 0.1) is 10.6 Å². The van der Waals surface area contributed by atoms with Crippen LogP contribution in [0.5, 0.6) is 0 Å². The van der Waals surface area contributed by atoms with Crippen molar-refractivity contribution in [3.05, 3.63) is 46.2 Å². The first-order chi connectivity index (χ1) is 12.9. The summed E-state index contributed by atoms with van der Waals surface area (Å²) in [6.45, 7) is 9.77. The highest BCUT2D eigenvalue weighted by Crippen LogP contribution is 2.36. The number of amides is 1. The lowest BCUT2D eigenvalue weighted by atomic mass is 9.92. The van der Waals surface area contributed by atoms with Gasteiger partial charge in [0, 0.05) is 42.5 Å². The third-order valence-corrected chi connectivity index (χ3v) is 6.16. The maximum Gasteiger partial charge on any atom is 0.261 e. The van der Waals surface area contributed by atoms with Crippen LogP contribution in [0, 0.1) is 5.41 Å². The molecule has 0 radical (unpaired) electrons. The molecule has 0 bridgehead atoms. The second kappa shape index (κ2) is 8.93. The van der Waals surface area contributed by atoms with Gasteiger partial charge in [0.1, 0.15) is 0 Å². The zero-order valence-electron chi connectivity index (χ0n) is 16.6. The molecule has 0 aliphatic carbocycles. The predicted octanol–water partition coefficient (Wildman–Crippen LogP) is 4.08. The van der Waals surface area contributed by atoms with Gasteiger partial charge in [-0.1, -0.05) is 20.8 Å². The Morgan fingerprint density at radius 2 is 2.19 bits per heavy atom. The Kier molecular flexibility index (Phi) is 6.60. The van der Waals surface area contributed by atoms with Gasteiger partial charge in [-0.05, 0) is 49.9 Å². The molecule has 3 heterocycles. The Morgan fingerprint density at radius 3 is 2.93 bits per heavy atom. The average molecular weight is 387 g/mol. The van der Waals surface area contributed by atoms with E-state index in [0.29, 0.717) is 24.4 Å². The molecule has 0 spiro atoms. The summed E-state index contributed by atoms with van der Waals surface area (Å²) in [4.78, 5) is 25.4. The van der Waals surface area contributed by atoms with E-state index >= 15 is 0 Å². The lowest BCUT2D eigenvalue weighted by Gasteiger charge is -2.27. The summed E-state index contributed by atoms with van der Waals surface area (Å²) in [6.07, 6.45) is 9.40. The Balaban J connectivity index is 1.53. The zero-order chi connectivity index (χ0) is 19.3. The van der Waals surface area contributed by atoms with E-state index in [1.807, 2.05) is 6.07 Å². The van der Waals surface area contributed by atoms with Gasteiger partial charge in [-0.25, -0.2) is 0 Å². The van der Waals surface area contributed by atoms with Crippen LogP contribution in [-0.4, -0.2) is 40.4 Å². The van der Waals surface area contributed by atoms with Gasteiger partial charge >= 0.3 is 0 Å². The van der Waals surface area contributed by atoms with Gasteiger partial charge in [0.25, 0.3) is 5.91 Å². The molecule has 1 aliphatic heterocycles. The fraction of sp³-hybridized carbons (Fsp3) is 0.571. The fourth-order valence-electron chi connectivity index (χ4n) is 3.40. The van der Waals surface area contributed by atoms with E-state index < -0.39 is 0 Å². The summed E-state index contributed by atoms with van der Waals surface area (Å²) in [6, 6.07) is 4.58. The van der Waals surface area contributed by atoms with Crippen LogP contribution in [-0.2, 0) is 6.42 Å². The summed E-state index contributed by atoms with van der Waals surface area (Å²) >= 11 is 1.64. The average Bonchev–Trinajstić information content (AvgIpc) is 3.29. The standard InChI is InChI=1S/C21H30N4OS/c1-21(2,3)9-14-25-13-4-5-17(25)18-6-7-19(27-18)20(26)24-10-8-16-15-22-11-12-23-16/h6-7,11-12,15,17H,4-5,8-10,13-14H2,1-3H3,(H,24,26). The fourth-order valence-corrected chi connectivity index (χ4v) is 4.49. The maximum atomic E-state index is 12.5. The van der Waals surface area contributed by atoms with Gasteiger partial charge in [-0.15, -0.1) is 11.3 Å². The molecular formula is C21H30N4OS. The quantitative estimate of drug-likeness (QED) is 0.779. The van der Waals surface area contributed by atoms with Crippen LogP contribution < -0.4 is 5.32 Å². The van der Waals surface area contributed by atoms with Gasteiger partial charge < -0.3 is 5.32 Å². The van der Waals surface area contributed by atoms with Crippen molar-refractivity contribution >= 4 is 17.2 Å². The first-order valence-corrected chi connectivity index (χ1v) is 10.6. The van der Waals surface area contributed by atoms with E-state index in [9.17, 15) is 4.79 Å². The number of carbonyl (C=O) groups excluding carboxylic acids is 1. The van der Waals surface area contributed by atoms with E-state index in [1.165, 1.54) is 24.1 Å². The lowest BCUT2D eigenvalue weighted by Crippen LogP contribution is -2.27. The van der Waals surface area contributed by atoms with Crippen LogP contribution in [0.4, 0.5) is 0 Å². The molecule has 2 aromatic rings. The minimum absolute atomic E-state index is 0.00868. The highest BCUT2D eigenvalue weighted by Gasteiger charge is 2.28. The molecule has 3 rings (SSSR count). The molecule has 6 heteroatoms. The maximum absolute atomic E-state index is 12.5. The molecule has 1 N–H and O–H groups in total. The number of thiophene rings is 1. The number of nitrogens with zero attached hydrogens (tertiary/aromatic N) is 3. The second-order valence-electron chi connectivity index (χ2n) is 8.41. The zero-order valence-corrected chi connectivity index (χ0v) is 17.4. The van der Waals surface area contributed by atoms with Crippen molar-refractivity contribution in [2.24, 2.45) is 5.41 Å². The topological polar surface area (TPSA) is 58.1 Å². The summed E-state index contributed by atoms with van der Waals surface area (Å²) in [5.41, 5.74) is 1.25. The monoisotopic (exact) mass is 386 g/mol. The number of aromatic nitrogens is 2. The summed E-state index contributed by atoms with van der Waals surface area (Å²) in [5.74, 6) is 0.00868. The van der Waals surface area contributed by atoms with Crippen LogP contribution in [0.2, 0.25) is 0 Å². The Morgan fingerprint density at radius 1 is 1.33 bits per heavy atom. The molecule has 1 saturated heterocycles. The summed E-state index contributed by atoms with van der Waals surface area (Å²) < 4.78 is 0. The molecule has 27 heavy (non-hydrogen) atoms. The van der Waals surface area contributed by atoms with Crippen molar-refractivity contribution in [2.45, 2.75) is 52.5 Å². The molecule has 0 aromatic carbocycles. The largest absolute Gasteiger partial charge is 0.351 e. The smallest absolute Gasteiger partial charge is 0.261 e. The number of nitrogens with one attached hydrogen (secondary N) is 1. The molecule has 0 saturated carbocycles. The van der Waals surface area contributed by atoms with E-state index in [0.717, 1.165) is 23.7 Å². The molecule has 146 valence electrons. The summed E-state index contributed by atoms with van der Waals surface area (Å²) in [7, 11) is 0. The van der Waals surface area contributed by atoms with Crippen LogP contribution in [0.15, 0.2) is 30.7 Å². The van der Waals surface area contributed by atoms with Crippen LogP contribution in [0.1, 0.15) is 66.3 Å². The number of rotatable bonds is 7. The first kappa shape index (κ1) is 20.0. The third-order valence-electron chi connectivity index (χ3n) is 4.98. The number of hydrogen-bond donors (Lipinski definition) is 1. The molecule has 1 fully saturated rings. The Labute approximate surface area is 166 Å². The van der Waals surface area contributed by atoms with Crippen molar-refractivity contribution < 1.29 is 4.79 Å². The van der Waals surface area contributed by atoms with Gasteiger partial charge in [-0.3, -0.25) is 19.7 Å². The third kappa shape index (κ3) is 5.84. The minimum Gasteiger partial charge on any atom is -0.351 e. The van der Waals surface area contributed by atoms with Gasteiger partial charge in [-0.2, -0.15) is 0 Å². The van der Waals surface area contributed by atoms with Crippen molar-refractivity contribution in [1.29, 1.82) is 0 Å². The molecule has 1 amide bonds. The number of carbonyl (C=O) groups is 1. The Bertz CT molecular complexity index is 738. The van der Waals surface area contributed by atoms with Crippen molar-refractivity contribution in [2.75, 3.05) is 19.6 Å². The highest BCUT2D eigenvalue weighted by atomic mass is 32.1. The van der Waals surface area contributed by atoms with Crippen LogP contribution >= 0.6 is 11.3 Å². The molecule has 1 unspecified atom stereocenters. The van der Waals surface area contributed by atoms with E-state index in [2.05, 4.69) is 47.0 Å². The normalized spacial score (nSPS) is 18.0. The van der Waals surface area contributed by atoms with Gasteiger partial charge in [0.15, 0.2) is 0 Å². The van der Waals surface area contributed by atoms with E-state index in [-0.39, 0.29) is 5.91 Å². The van der Waals surface area contributed by atoms with Crippen molar-refractivity contribution in [3.63, 3.8) is 0 Å². The van der Waals surface area contributed by atoms with Crippen LogP contribution in [0.3, 0.4) is 0 Å². The molecule has 2 aromatic heterocycles. The molecular weight excluding hydrogens is 356 g/mol.